The lowest BCUT2D eigenvalue weighted by Gasteiger charge is -2.29. The summed E-state index contributed by atoms with van der Waals surface area (Å²) in [5, 5.41) is -0.0158. The van der Waals surface area contributed by atoms with Crippen molar-refractivity contribution in [1.29, 1.82) is 0 Å². The van der Waals surface area contributed by atoms with Crippen molar-refractivity contribution in [1.82, 2.24) is 0 Å². The van der Waals surface area contributed by atoms with Gasteiger partial charge in [-0.1, -0.05) is 29.8 Å². The van der Waals surface area contributed by atoms with Crippen LogP contribution in [0.1, 0.15) is 37.5 Å². The number of benzene rings is 1. The largest absolute Gasteiger partial charge is 0.464 e. The van der Waals surface area contributed by atoms with Crippen LogP contribution in [0.5, 0.6) is 0 Å². The summed E-state index contributed by atoms with van der Waals surface area (Å²) in [6, 6.07) is 1.12. The van der Waals surface area contributed by atoms with Crippen LogP contribution in [0.2, 0.25) is 0 Å². The minimum atomic E-state index is -4.96. The number of hydrogen-bond acceptors (Lipinski definition) is 3. The fourth-order valence-corrected chi connectivity index (χ4v) is 3.20. The average Bonchev–Trinajstić information content (AvgIpc) is 2.54. The molecule has 1 unspecified atom stereocenters. The highest BCUT2D eigenvalue weighted by atomic mass is 79.9. The Balaban J connectivity index is 3.49. The van der Waals surface area contributed by atoms with Crippen molar-refractivity contribution in [2.75, 3.05) is 11.9 Å². The molecule has 1 aromatic carbocycles. The highest BCUT2D eigenvalue weighted by Crippen LogP contribution is 2.36. The third-order valence-corrected chi connectivity index (χ3v) is 4.70. The van der Waals surface area contributed by atoms with Crippen LogP contribution in [-0.2, 0) is 21.9 Å². The Morgan fingerprint density at radius 3 is 1.93 bits per heavy atom. The van der Waals surface area contributed by atoms with E-state index in [4.69, 9.17) is 4.74 Å². The molecule has 0 saturated carbocycles. The van der Waals surface area contributed by atoms with E-state index in [0.29, 0.717) is 12.1 Å². The summed E-state index contributed by atoms with van der Waals surface area (Å²) in [5.74, 6) is -1.16. The van der Waals surface area contributed by atoms with Gasteiger partial charge >= 0.3 is 18.3 Å². The van der Waals surface area contributed by atoms with Crippen LogP contribution in [0.25, 0.3) is 0 Å². The van der Waals surface area contributed by atoms with Gasteiger partial charge in [-0.25, -0.2) is 4.79 Å². The second kappa shape index (κ2) is 8.62. The van der Waals surface area contributed by atoms with Gasteiger partial charge in [0.1, 0.15) is 0 Å². The summed E-state index contributed by atoms with van der Waals surface area (Å²) in [4.78, 5) is 16.3. The van der Waals surface area contributed by atoms with Crippen LogP contribution in [0.3, 0.4) is 0 Å². The smallest absolute Gasteiger partial charge is 0.416 e. The fraction of sp³-hybridized carbons (Fsp3) is 0.529. The van der Waals surface area contributed by atoms with Gasteiger partial charge in [-0.3, -0.25) is 4.99 Å². The molecule has 0 aliphatic carbocycles. The van der Waals surface area contributed by atoms with Crippen LogP contribution >= 0.6 is 15.9 Å². The number of nitrogens with zero attached hydrogens (tertiary/aromatic N) is 1. The molecule has 1 aromatic rings. The molecule has 0 aromatic heterocycles. The molecular weight excluding hydrogens is 444 g/mol. The zero-order valence-corrected chi connectivity index (χ0v) is 16.3. The average molecular weight is 462 g/mol. The molecule has 0 bridgehead atoms. The van der Waals surface area contributed by atoms with Gasteiger partial charge in [0.25, 0.3) is 0 Å². The number of rotatable bonds is 6. The monoisotopic (exact) mass is 461 g/mol. The Bertz CT molecular complexity index is 667. The van der Waals surface area contributed by atoms with Crippen LogP contribution < -0.4 is 0 Å². The third kappa shape index (κ3) is 5.70. The topological polar surface area (TPSA) is 38.7 Å². The van der Waals surface area contributed by atoms with Crippen LogP contribution in [0, 0.1) is 5.92 Å². The predicted octanol–water partition coefficient (Wildman–Crippen LogP) is 5.50. The van der Waals surface area contributed by atoms with Crippen molar-refractivity contribution < 1.29 is 35.9 Å². The molecule has 0 heterocycles. The first-order valence-corrected chi connectivity index (χ1v) is 8.98. The SMILES string of the molecule is CCOC(=O)C(CBr)(/N=C/c1cc(C(F)(F)F)cc(C(F)(F)F)c1)C(C)C. The molecule has 152 valence electrons. The van der Waals surface area contributed by atoms with Gasteiger partial charge in [0.15, 0.2) is 5.54 Å². The standard InChI is InChI=1S/C17H18BrF6NO2/c1-4-27-14(26)15(9-18,10(2)3)25-8-11-5-12(16(19,20)21)7-13(6-11)17(22,23)24/h5-8,10H,4,9H2,1-3H3/b25-8+. The van der Waals surface area contributed by atoms with E-state index >= 15 is 0 Å². The Labute approximate surface area is 160 Å². The van der Waals surface area contributed by atoms with E-state index in [2.05, 4.69) is 20.9 Å². The van der Waals surface area contributed by atoms with Gasteiger partial charge in [0, 0.05) is 11.5 Å². The van der Waals surface area contributed by atoms with Crippen molar-refractivity contribution in [3.63, 3.8) is 0 Å². The highest BCUT2D eigenvalue weighted by Gasteiger charge is 2.42. The minimum Gasteiger partial charge on any atom is -0.464 e. The maximum Gasteiger partial charge on any atom is 0.416 e. The number of aliphatic imine (C=N–C) groups is 1. The maximum atomic E-state index is 12.9. The van der Waals surface area contributed by atoms with E-state index in [1.807, 2.05) is 0 Å². The van der Waals surface area contributed by atoms with Gasteiger partial charge in [-0.2, -0.15) is 26.3 Å². The van der Waals surface area contributed by atoms with Gasteiger partial charge < -0.3 is 4.74 Å². The van der Waals surface area contributed by atoms with Crippen molar-refractivity contribution in [2.24, 2.45) is 10.9 Å². The lowest BCUT2D eigenvalue weighted by Crippen LogP contribution is -2.45. The minimum absolute atomic E-state index is 0.0158. The fourth-order valence-electron chi connectivity index (χ4n) is 2.18. The summed E-state index contributed by atoms with van der Waals surface area (Å²) in [5.41, 5.74) is -4.82. The van der Waals surface area contributed by atoms with Gasteiger partial charge in [0.05, 0.1) is 17.7 Å². The molecule has 0 saturated heterocycles. The molecule has 1 atom stereocenters. The van der Waals surface area contributed by atoms with E-state index in [0.717, 1.165) is 6.21 Å². The van der Waals surface area contributed by atoms with Crippen LogP contribution in [0.4, 0.5) is 26.3 Å². The molecular formula is C17H18BrF6NO2. The summed E-state index contributed by atoms with van der Waals surface area (Å²) < 4.78 is 82.6. The van der Waals surface area contributed by atoms with Crippen molar-refractivity contribution in [3.8, 4) is 0 Å². The molecule has 0 amide bonds. The summed E-state index contributed by atoms with van der Waals surface area (Å²) in [6.45, 7) is 4.91. The molecule has 27 heavy (non-hydrogen) atoms. The number of hydrogen-bond donors (Lipinski definition) is 0. The summed E-state index contributed by atoms with van der Waals surface area (Å²) in [6.07, 6.45) is -9.09. The second-order valence-corrected chi connectivity index (χ2v) is 6.59. The van der Waals surface area contributed by atoms with Crippen LogP contribution in [-0.4, -0.2) is 29.7 Å². The number of halogens is 7. The number of carbonyl (C=O) groups is 1. The Morgan fingerprint density at radius 1 is 1.11 bits per heavy atom. The number of esters is 1. The normalized spacial score (nSPS) is 15.2. The van der Waals surface area contributed by atoms with Crippen LogP contribution in [0.15, 0.2) is 23.2 Å². The Morgan fingerprint density at radius 2 is 1.59 bits per heavy atom. The first-order chi connectivity index (χ1) is 12.3. The number of ether oxygens (including phenoxy) is 1. The predicted molar refractivity (Wildman–Crippen MR) is 92.0 cm³/mol. The molecule has 3 nitrogen and oxygen atoms in total. The maximum absolute atomic E-state index is 12.9. The molecule has 0 fully saturated rings. The molecule has 0 N–H and O–H groups in total. The van der Waals surface area contributed by atoms with E-state index in [1.165, 1.54) is 0 Å². The summed E-state index contributed by atoms with van der Waals surface area (Å²) >= 11 is 3.14. The first kappa shape index (κ1) is 23.5. The Hall–Kier alpha value is -1.58. The number of alkyl halides is 7. The lowest BCUT2D eigenvalue weighted by atomic mass is 9.89. The van der Waals surface area contributed by atoms with E-state index in [9.17, 15) is 31.1 Å². The molecule has 1 rings (SSSR count). The number of carbonyl (C=O) groups excluding carboxylic acids is 1. The lowest BCUT2D eigenvalue weighted by molar-refractivity contribution is -0.150. The van der Waals surface area contributed by atoms with Gasteiger partial charge in [-0.15, -0.1) is 0 Å². The zero-order chi connectivity index (χ0) is 21.0. The second-order valence-electron chi connectivity index (χ2n) is 6.03. The highest BCUT2D eigenvalue weighted by molar-refractivity contribution is 9.09. The zero-order valence-electron chi connectivity index (χ0n) is 14.7. The quantitative estimate of drug-likeness (QED) is 0.243. The van der Waals surface area contributed by atoms with Crippen molar-refractivity contribution in [3.05, 3.63) is 34.9 Å². The summed E-state index contributed by atoms with van der Waals surface area (Å²) in [7, 11) is 0. The van der Waals surface area contributed by atoms with E-state index in [-0.39, 0.29) is 18.0 Å². The molecule has 0 aliphatic heterocycles. The van der Waals surface area contributed by atoms with E-state index in [1.54, 1.807) is 20.8 Å². The molecule has 0 radical (unpaired) electrons. The van der Waals surface area contributed by atoms with Gasteiger partial charge in [0.2, 0.25) is 0 Å². The van der Waals surface area contributed by atoms with E-state index < -0.39 is 46.5 Å². The Kier molecular flexibility index (Phi) is 7.49. The van der Waals surface area contributed by atoms with Gasteiger partial charge in [-0.05, 0) is 36.6 Å². The molecule has 10 heteroatoms. The van der Waals surface area contributed by atoms with Crippen molar-refractivity contribution in [2.45, 2.75) is 38.7 Å². The third-order valence-electron chi connectivity index (χ3n) is 3.84. The first-order valence-electron chi connectivity index (χ1n) is 7.85. The molecule has 0 spiro atoms. The molecule has 0 aliphatic rings. The van der Waals surface area contributed by atoms with Crippen molar-refractivity contribution >= 4 is 28.1 Å².